The third kappa shape index (κ3) is 6.53. The molecule has 1 unspecified atom stereocenters. The van der Waals surface area contributed by atoms with Crippen LogP contribution in [0, 0.1) is 0 Å². The van der Waals surface area contributed by atoms with E-state index in [9.17, 15) is 0 Å². The average Bonchev–Trinajstić information content (AvgIpc) is 2.33. The van der Waals surface area contributed by atoms with Crippen LogP contribution in [0.2, 0.25) is 0 Å². The summed E-state index contributed by atoms with van der Waals surface area (Å²) < 4.78 is 10.7. The topological polar surface area (TPSA) is 30.5 Å². The van der Waals surface area contributed by atoms with Gasteiger partial charge in [0, 0.05) is 7.11 Å². The van der Waals surface area contributed by atoms with Gasteiger partial charge < -0.3 is 14.8 Å². The van der Waals surface area contributed by atoms with Gasteiger partial charge in [-0.3, -0.25) is 0 Å². The largest absolute Gasteiger partial charge is 0.382 e. The zero-order chi connectivity index (χ0) is 13.1. The van der Waals surface area contributed by atoms with Crippen LogP contribution in [-0.2, 0) is 9.47 Å². The maximum atomic E-state index is 5.69. The minimum Gasteiger partial charge on any atom is -0.382 e. The van der Waals surface area contributed by atoms with Gasteiger partial charge in [0.1, 0.15) is 0 Å². The zero-order valence-electron chi connectivity index (χ0n) is 12.0. The number of allylic oxidation sites excluding steroid dienone is 1. The van der Waals surface area contributed by atoms with Crippen LogP contribution in [0.25, 0.3) is 0 Å². The summed E-state index contributed by atoms with van der Waals surface area (Å²) in [5.41, 5.74) is 1.55. The number of rotatable bonds is 8. The molecule has 3 nitrogen and oxygen atoms in total. The number of ether oxygens (including phenoxy) is 2. The van der Waals surface area contributed by atoms with Crippen molar-refractivity contribution < 1.29 is 9.47 Å². The Bertz CT molecular complexity index is 229. The van der Waals surface area contributed by atoms with E-state index in [1.807, 2.05) is 0 Å². The Morgan fingerprint density at radius 3 is 2.83 bits per heavy atom. The SMILES string of the molecule is CCNC(COCCOC)C1=CCCCCCC1. The van der Waals surface area contributed by atoms with E-state index in [0.29, 0.717) is 19.3 Å². The van der Waals surface area contributed by atoms with Crippen LogP contribution in [-0.4, -0.2) is 39.5 Å². The molecule has 0 spiro atoms. The second-order valence-corrected chi connectivity index (χ2v) is 4.91. The van der Waals surface area contributed by atoms with E-state index >= 15 is 0 Å². The molecule has 0 saturated heterocycles. The van der Waals surface area contributed by atoms with E-state index in [-0.39, 0.29) is 0 Å². The van der Waals surface area contributed by atoms with Gasteiger partial charge in [-0.05, 0) is 32.2 Å². The number of methoxy groups -OCH3 is 1. The van der Waals surface area contributed by atoms with Crippen molar-refractivity contribution >= 4 is 0 Å². The van der Waals surface area contributed by atoms with Crippen LogP contribution in [0.1, 0.15) is 45.4 Å². The highest BCUT2D eigenvalue weighted by molar-refractivity contribution is 5.11. The molecule has 1 N–H and O–H groups in total. The van der Waals surface area contributed by atoms with Crippen LogP contribution in [0.15, 0.2) is 11.6 Å². The zero-order valence-corrected chi connectivity index (χ0v) is 12.0. The first-order chi connectivity index (χ1) is 8.88. The fourth-order valence-corrected chi connectivity index (χ4v) is 2.42. The lowest BCUT2D eigenvalue weighted by atomic mass is 9.95. The van der Waals surface area contributed by atoms with Crippen molar-refractivity contribution in [3.8, 4) is 0 Å². The fraction of sp³-hybridized carbons (Fsp3) is 0.867. The molecule has 106 valence electrons. The molecule has 0 saturated carbocycles. The van der Waals surface area contributed by atoms with E-state index in [1.54, 1.807) is 12.7 Å². The molecule has 0 aromatic carbocycles. The first-order valence-corrected chi connectivity index (χ1v) is 7.37. The fourth-order valence-electron chi connectivity index (χ4n) is 2.42. The number of nitrogens with one attached hydrogen (secondary N) is 1. The molecular formula is C15H29NO2. The van der Waals surface area contributed by atoms with Crippen molar-refractivity contribution in [3.63, 3.8) is 0 Å². The Morgan fingerprint density at radius 2 is 2.06 bits per heavy atom. The van der Waals surface area contributed by atoms with Gasteiger partial charge in [0.2, 0.25) is 0 Å². The summed E-state index contributed by atoms with van der Waals surface area (Å²) in [5, 5.41) is 3.54. The molecule has 0 amide bonds. The van der Waals surface area contributed by atoms with Gasteiger partial charge in [-0.15, -0.1) is 0 Å². The smallest absolute Gasteiger partial charge is 0.0701 e. The molecule has 1 rings (SSSR count). The van der Waals surface area contributed by atoms with Gasteiger partial charge in [-0.1, -0.05) is 31.4 Å². The highest BCUT2D eigenvalue weighted by Gasteiger charge is 2.14. The monoisotopic (exact) mass is 255 g/mol. The highest BCUT2D eigenvalue weighted by atomic mass is 16.5. The highest BCUT2D eigenvalue weighted by Crippen LogP contribution is 2.19. The Balaban J connectivity index is 2.41. The maximum Gasteiger partial charge on any atom is 0.0701 e. The van der Waals surface area contributed by atoms with Crippen LogP contribution >= 0.6 is 0 Å². The van der Waals surface area contributed by atoms with Gasteiger partial charge in [0.15, 0.2) is 0 Å². The third-order valence-electron chi connectivity index (χ3n) is 3.44. The number of hydrogen-bond donors (Lipinski definition) is 1. The van der Waals surface area contributed by atoms with Gasteiger partial charge >= 0.3 is 0 Å². The minimum absolute atomic E-state index is 0.393. The Labute approximate surface area is 112 Å². The molecule has 3 heteroatoms. The van der Waals surface area contributed by atoms with Crippen LogP contribution in [0.4, 0.5) is 0 Å². The molecule has 0 radical (unpaired) electrons. The van der Waals surface area contributed by atoms with Gasteiger partial charge in [-0.25, -0.2) is 0 Å². The van der Waals surface area contributed by atoms with E-state index in [2.05, 4.69) is 18.3 Å². The summed E-state index contributed by atoms with van der Waals surface area (Å²) in [6, 6.07) is 0.393. The van der Waals surface area contributed by atoms with Gasteiger partial charge in [0.25, 0.3) is 0 Å². The van der Waals surface area contributed by atoms with E-state index in [0.717, 1.165) is 13.2 Å². The number of hydrogen-bond acceptors (Lipinski definition) is 3. The Morgan fingerprint density at radius 1 is 1.22 bits per heavy atom. The van der Waals surface area contributed by atoms with Gasteiger partial charge in [-0.2, -0.15) is 0 Å². The molecule has 0 aromatic heterocycles. The lowest BCUT2D eigenvalue weighted by molar-refractivity contribution is 0.0628. The Kier molecular flexibility index (Phi) is 9.17. The predicted molar refractivity (Wildman–Crippen MR) is 75.9 cm³/mol. The molecule has 0 aromatic rings. The van der Waals surface area contributed by atoms with Crippen LogP contribution in [0.5, 0.6) is 0 Å². The van der Waals surface area contributed by atoms with Crippen molar-refractivity contribution in [1.82, 2.24) is 5.32 Å². The van der Waals surface area contributed by atoms with Gasteiger partial charge in [0.05, 0.1) is 25.9 Å². The van der Waals surface area contributed by atoms with Crippen molar-refractivity contribution in [2.75, 3.05) is 33.5 Å². The third-order valence-corrected chi connectivity index (χ3v) is 3.44. The summed E-state index contributed by atoms with van der Waals surface area (Å²) in [4.78, 5) is 0. The second-order valence-electron chi connectivity index (χ2n) is 4.91. The van der Waals surface area contributed by atoms with Crippen molar-refractivity contribution in [2.45, 2.75) is 51.5 Å². The first-order valence-electron chi connectivity index (χ1n) is 7.37. The minimum atomic E-state index is 0.393. The average molecular weight is 255 g/mol. The molecule has 0 fully saturated rings. The molecule has 1 aliphatic carbocycles. The molecule has 0 bridgehead atoms. The molecule has 1 aliphatic rings. The van der Waals surface area contributed by atoms with Crippen molar-refractivity contribution in [1.29, 1.82) is 0 Å². The summed E-state index contributed by atoms with van der Waals surface area (Å²) in [7, 11) is 1.71. The van der Waals surface area contributed by atoms with E-state index in [1.165, 1.54) is 38.5 Å². The first kappa shape index (κ1) is 15.7. The lowest BCUT2D eigenvalue weighted by Gasteiger charge is -2.23. The van der Waals surface area contributed by atoms with E-state index < -0.39 is 0 Å². The molecule has 1 atom stereocenters. The Hall–Kier alpha value is -0.380. The molecular weight excluding hydrogens is 226 g/mol. The van der Waals surface area contributed by atoms with E-state index in [4.69, 9.17) is 9.47 Å². The molecule has 0 aliphatic heterocycles. The quantitative estimate of drug-likeness (QED) is 0.534. The summed E-state index contributed by atoms with van der Waals surface area (Å²) >= 11 is 0. The summed E-state index contributed by atoms with van der Waals surface area (Å²) in [6.45, 7) is 5.29. The summed E-state index contributed by atoms with van der Waals surface area (Å²) in [6.07, 6.45) is 10.3. The second kappa shape index (κ2) is 10.5. The predicted octanol–water partition coefficient (Wildman–Crippen LogP) is 2.91. The summed E-state index contributed by atoms with van der Waals surface area (Å²) in [5.74, 6) is 0. The standard InChI is InChI=1S/C15H29NO2/c1-3-16-15(13-18-12-11-17-2)14-9-7-5-4-6-8-10-14/h9,15-16H,3-8,10-13H2,1-2H3. The normalized spacial score (nSPS) is 18.9. The molecule has 18 heavy (non-hydrogen) atoms. The van der Waals surface area contributed by atoms with Crippen LogP contribution in [0.3, 0.4) is 0 Å². The lowest BCUT2D eigenvalue weighted by Crippen LogP contribution is -2.35. The molecule has 0 heterocycles. The van der Waals surface area contributed by atoms with Crippen molar-refractivity contribution in [3.05, 3.63) is 11.6 Å². The number of likely N-dealkylation sites (N-methyl/N-ethyl adjacent to an activating group) is 1. The maximum absolute atomic E-state index is 5.69. The van der Waals surface area contributed by atoms with Crippen molar-refractivity contribution in [2.24, 2.45) is 0 Å². The van der Waals surface area contributed by atoms with Crippen LogP contribution < -0.4 is 5.32 Å².